The van der Waals surface area contributed by atoms with Crippen LogP contribution in [0.5, 0.6) is 0 Å². The number of benzene rings is 12. The highest BCUT2D eigenvalue weighted by molar-refractivity contribution is 5.76. The van der Waals surface area contributed by atoms with Crippen LogP contribution in [0, 0.1) is 116 Å². The summed E-state index contributed by atoms with van der Waals surface area (Å²) >= 11 is 0. The van der Waals surface area contributed by atoms with Gasteiger partial charge in [0.2, 0.25) is 0 Å². The van der Waals surface area contributed by atoms with Crippen LogP contribution in [0.2, 0.25) is 0 Å². The highest BCUT2D eigenvalue weighted by Crippen LogP contribution is 2.38. The predicted molar refractivity (Wildman–Crippen MR) is 374 cm³/mol. The first-order valence-electron chi connectivity index (χ1n) is 33.5. The van der Waals surface area contributed by atoms with E-state index in [2.05, 4.69) is 20.8 Å². The second-order valence-corrected chi connectivity index (χ2v) is 24.7. The lowest BCUT2D eigenvalue weighted by Gasteiger charge is -2.10. The third-order valence-corrected chi connectivity index (χ3v) is 17.2. The summed E-state index contributed by atoms with van der Waals surface area (Å²) in [7, 11) is 0. The summed E-state index contributed by atoms with van der Waals surface area (Å²) in [6.45, 7) is 8.27. The van der Waals surface area contributed by atoms with E-state index < -0.39 is 161 Å². The van der Waals surface area contributed by atoms with E-state index in [1.807, 2.05) is 55.5 Å². The molecule has 548 valence electrons. The predicted octanol–water partition coefficient (Wildman–Crippen LogP) is 27.5. The van der Waals surface area contributed by atoms with Crippen LogP contribution in [0.15, 0.2) is 194 Å². The maximum absolute atomic E-state index is 14.6. The van der Waals surface area contributed by atoms with Crippen LogP contribution in [-0.4, -0.2) is 0 Å². The first-order chi connectivity index (χ1) is 50.6. The van der Waals surface area contributed by atoms with E-state index in [0.717, 1.165) is 135 Å². The van der Waals surface area contributed by atoms with Crippen LogP contribution in [0.25, 0.3) is 89.0 Å². The van der Waals surface area contributed by atoms with Gasteiger partial charge in [0.15, 0.2) is 69.8 Å². The SMILES string of the molecule is CCCCCc1ccc(-c2cc(F)c(-c3cc(F)c(F)c(F)c3)c(F)c2)cc1.CCCCc1ccc(-c2cc(F)c(-c3cc(F)c(F)c(F)c3)c(F)c2)cc1.CCCc1ccc(-c2cc(F)c(-c3cc(F)c(F)c(F)c3)c(F)c2)cc1.CCc1ccc(-c2cc(F)c(-c3cc(F)c(F)c(F)c3)c(F)c2)cc1. The second kappa shape index (κ2) is 35.8. The van der Waals surface area contributed by atoms with Gasteiger partial charge in [0.1, 0.15) is 46.5 Å². The molecule has 0 amide bonds. The van der Waals surface area contributed by atoms with Gasteiger partial charge in [0, 0.05) is 0 Å². The Labute approximate surface area is 598 Å². The smallest absolute Gasteiger partial charge is 0.194 e. The van der Waals surface area contributed by atoms with Gasteiger partial charge >= 0.3 is 0 Å². The normalized spacial score (nSPS) is 11.0. The first-order valence-corrected chi connectivity index (χ1v) is 33.5. The van der Waals surface area contributed by atoms with Crippen molar-refractivity contribution in [3.8, 4) is 89.0 Å². The average Bonchev–Trinajstić information content (AvgIpc) is 0.748. The average molecular weight is 1480 g/mol. The van der Waals surface area contributed by atoms with Crippen LogP contribution in [0.4, 0.5) is 87.8 Å². The molecule has 0 atom stereocenters. The second-order valence-electron chi connectivity index (χ2n) is 24.7. The fourth-order valence-corrected chi connectivity index (χ4v) is 11.6. The number of rotatable bonds is 18. The van der Waals surface area contributed by atoms with Crippen molar-refractivity contribution in [1.82, 2.24) is 0 Å². The van der Waals surface area contributed by atoms with Gasteiger partial charge in [-0.25, -0.2) is 87.8 Å². The topological polar surface area (TPSA) is 0 Å². The molecule has 0 nitrogen and oxygen atoms in total. The molecule has 0 N–H and O–H groups in total. The number of hydrogen-bond donors (Lipinski definition) is 0. The zero-order valence-corrected chi connectivity index (χ0v) is 57.1. The molecule has 12 aromatic rings. The zero-order chi connectivity index (χ0) is 76.8. The molecular formula is C86H64F20. The van der Waals surface area contributed by atoms with Crippen molar-refractivity contribution in [2.45, 2.75) is 91.9 Å². The molecule has 0 saturated heterocycles. The van der Waals surface area contributed by atoms with Crippen LogP contribution in [-0.2, 0) is 25.7 Å². The van der Waals surface area contributed by atoms with Crippen molar-refractivity contribution in [3.63, 3.8) is 0 Å². The van der Waals surface area contributed by atoms with Gasteiger partial charge in [-0.05, 0) is 225 Å². The van der Waals surface area contributed by atoms with Gasteiger partial charge in [0.05, 0.1) is 22.3 Å². The summed E-state index contributed by atoms with van der Waals surface area (Å²) < 4.78 is 275. The molecule has 0 aliphatic carbocycles. The van der Waals surface area contributed by atoms with Crippen molar-refractivity contribution < 1.29 is 87.8 Å². The fraction of sp³-hybridized carbons (Fsp3) is 0.163. The van der Waals surface area contributed by atoms with Crippen molar-refractivity contribution in [2.75, 3.05) is 0 Å². The molecule has 0 aromatic heterocycles. The molecule has 0 aliphatic rings. The van der Waals surface area contributed by atoms with E-state index in [1.165, 1.54) is 0 Å². The van der Waals surface area contributed by atoms with E-state index in [-0.39, 0.29) is 0 Å². The highest BCUT2D eigenvalue weighted by Gasteiger charge is 2.24. The Morgan fingerprint density at radius 1 is 0.170 bits per heavy atom. The number of hydrogen-bond acceptors (Lipinski definition) is 0. The Morgan fingerprint density at radius 2 is 0.358 bits per heavy atom. The maximum Gasteiger partial charge on any atom is 0.194 e. The minimum atomic E-state index is -1.68. The monoisotopic (exact) mass is 1480 g/mol. The Morgan fingerprint density at radius 3 is 0.557 bits per heavy atom. The molecule has 0 unspecified atom stereocenters. The molecule has 20 heteroatoms. The van der Waals surface area contributed by atoms with E-state index in [9.17, 15) is 87.8 Å². The molecule has 0 radical (unpaired) electrons. The van der Waals surface area contributed by atoms with Gasteiger partial charge in [-0.3, -0.25) is 0 Å². The van der Waals surface area contributed by atoms with Gasteiger partial charge in [-0.15, -0.1) is 0 Å². The summed E-state index contributed by atoms with van der Waals surface area (Å²) in [4.78, 5) is 0. The first kappa shape index (κ1) is 79.4. The third kappa shape index (κ3) is 19.2. The summed E-state index contributed by atoms with van der Waals surface area (Å²) in [6.07, 6.45) is 10.1. The van der Waals surface area contributed by atoms with Crippen LogP contribution in [0.3, 0.4) is 0 Å². The molecule has 0 spiro atoms. The van der Waals surface area contributed by atoms with E-state index in [0.29, 0.717) is 93.0 Å². The molecule has 0 saturated carbocycles. The van der Waals surface area contributed by atoms with Crippen LogP contribution >= 0.6 is 0 Å². The Kier molecular flexibility index (Phi) is 26.8. The van der Waals surface area contributed by atoms with Crippen molar-refractivity contribution >= 4 is 0 Å². The molecule has 0 bridgehead atoms. The zero-order valence-electron chi connectivity index (χ0n) is 57.1. The molecular weight excluding hydrogens is 1410 g/mol. The Hall–Kier alpha value is -10.8. The van der Waals surface area contributed by atoms with E-state index in [4.69, 9.17) is 0 Å². The summed E-state index contributed by atoms with van der Waals surface area (Å²) in [6, 6.07) is 42.5. The molecule has 12 aromatic carbocycles. The molecule has 0 heterocycles. The summed E-state index contributed by atoms with van der Waals surface area (Å²) in [5, 5.41) is 0. The van der Waals surface area contributed by atoms with E-state index >= 15 is 0 Å². The minimum absolute atomic E-state index is 0.296. The number of unbranched alkanes of at least 4 members (excludes halogenated alkanes) is 3. The van der Waals surface area contributed by atoms with Crippen molar-refractivity contribution in [1.29, 1.82) is 0 Å². The van der Waals surface area contributed by atoms with Crippen LogP contribution in [0.1, 0.15) is 88.5 Å². The lowest BCUT2D eigenvalue weighted by Crippen LogP contribution is -1.97. The lowest BCUT2D eigenvalue weighted by atomic mass is 9.97. The Bertz CT molecular complexity index is 4900. The largest absolute Gasteiger partial charge is 0.206 e. The lowest BCUT2D eigenvalue weighted by molar-refractivity contribution is 0.447. The van der Waals surface area contributed by atoms with Crippen molar-refractivity contribution in [2.24, 2.45) is 0 Å². The number of aryl methyl sites for hydroxylation is 4. The van der Waals surface area contributed by atoms with E-state index in [1.54, 1.807) is 48.5 Å². The molecule has 0 fully saturated rings. The summed E-state index contributed by atoms with van der Waals surface area (Å²) in [5.74, 6) is -26.6. The van der Waals surface area contributed by atoms with Gasteiger partial charge in [-0.1, -0.05) is 150 Å². The van der Waals surface area contributed by atoms with Gasteiger partial charge in [-0.2, -0.15) is 0 Å². The summed E-state index contributed by atoms with van der Waals surface area (Å²) in [5.41, 5.74) is 4.15. The fourth-order valence-electron chi connectivity index (χ4n) is 11.6. The van der Waals surface area contributed by atoms with Gasteiger partial charge < -0.3 is 0 Å². The quantitative estimate of drug-likeness (QED) is 0.0456. The molecule has 12 rings (SSSR count). The molecule has 106 heavy (non-hydrogen) atoms. The van der Waals surface area contributed by atoms with Gasteiger partial charge in [0.25, 0.3) is 0 Å². The van der Waals surface area contributed by atoms with Crippen molar-refractivity contribution in [3.05, 3.63) is 333 Å². The van der Waals surface area contributed by atoms with Crippen LogP contribution < -0.4 is 0 Å². The standard InChI is InChI=1S/C23H19F5.C22H17F5.C21H15F5.C20H13F5/c1-2-3-4-5-14-6-8-15(9-7-14)16-10-18(24)22(19(25)11-16)17-12-20(26)23(28)21(27)13-17;1-2-3-4-13-5-7-14(8-6-13)15-9-17(23)21(18(24)10-15)16-11-19(25)22(27)20(26)12-16;1-2-3-12-4-6-13(7-5-12)14-8-16(22)20(17(23)9-14)15-10-18(24)21(26)19(25)11-15;1-2-11-3-5-12(6-4-11)13-7-15(21)19(16(22)8-13)14-9-17(23)20(25)18(24)10-14/h6-13H,2-5H2,1H3;5-12H,2-4H2,1H3;4-11H,2-3H2,1H3;3-10H,2H2,1H3. The Balaban J connectivity index is 0.000000164. The highest BCUT2D eigenvalue weighted by atomic mass is 19.2. The third-order valence-electron chi connectivity index (χ3n) is 17.2. The maximum atomic E-state index is 14.6. The minimum Gasteiger partial charge on any atom is -0.206 e. The number of halogens is 20. The molecule has 0 aliphatic heterocycles.